The van der Waals surface area contributed by atoms with Crippen LogP contribution in [0.2, 0.25) is 0 Å². The van der Waals surface area contributed by atoms with Gasteiger partial charge in [-0.15, -0.1) is 0 Å². The molecule has 1 aromatic rings. The second-order valence-corrected chi connectivity index (χ2v) is 6.04. The van der Waals surface area contributed by atoms with Crippen molar-refractivity contribution in [3.8, 4) is 0 Å². The Kier molecular flexibility index (Phi) is 4.36. The zero-order valence-corrected chi connectivity index (χ0v) is 12.1. The van der Waals surface area contributed by atoms with Crippen molar-refractivity contribution in [1.29, 1.82) is 0 Å². The van der Waals surface area contributed by atoms with Gasteiger partial charge in [-0.25, -0.2) is 0 Å². The molecule has 2 aliphatic heterocycles. The van der Waals surface area contributed by atoms with E-state index in [9.17, 15) is 4.79 Å². The summed E-state index contributed by atoms with van der Waals surface area (Å²) in [5.41, 5.74) is 1.39. The molecule has 1 atom stereocenters. The molecular formula is C17H24N2O. The van der Waals surface area contributed by atoms with Gasteiger partial charge >= 0.3 is 0 Å². The number of carbonyl (C=O) groups excluding carboxylic acids is 1. The van der Waals surface area contributed by atoms with Gasteiger partial charge in [0.25, 0.3) is 0 Å². The summed E-state index contributed by atoms with van der Waals surface area (Å²) in [6.45, 7) is 3.64. The number of carbonyl (C=O) groups is 1. The van der Waals surface area contributed by atoms with Gasteiger partial charge in [0.2, 0.25) is 5.91 Å². The van der Waals surface area contributed by atoms with Crippen molar-refractivity contribution in [2.75, 3.05) is 26.2 Å². The largest absolute Gasteiger partial charge is 0.342 e. The first-order chi connectivity index (χ1) is 9.83. The maximum Gasteiger partial charge on any atom is 0.236 e. The molecule has 2 aliphatic rings. The summed E-state index contributed by atoms with van der Waals surface area (Å²) in [6.07, 6.45) is 5.89. The molecule has 108 valence electrons. The standard InChI is InChI=1S/C17H24N2O/c20-17(18-10-4-5-11-18)14-19-12-6-9-16(19)13-15-7-2-1-3-8-15/h1-3,7-8,16H,4-6,9-14H2. The van der Waals surface area contributed by atoms with E-state index in [-0.39, 0.29) is 0 Å². The molecule has 1 amide bonds. The Hall–Kier alpha value is -1.35. The van der Waals surface area contributed by atoms with Gasteiger partial charge in [0.05, 0.1) is 6.54 Å². The molecule has 0 radical (unpaired) electrons. The van der Waals surface area contributed by atoms with Crippen LogP contribution in [0.3, 0.4) is 0 Å². The highest BCUT2D eigenvalue weighted by Gasteiger charge is 2.28. The lowest BCUT2D eigenvalue weighted by Crippen LogP contribution is -2.41. The van der Waals surface area contributed by atoms with E-state index in [2.05, 4.69) is 35.2 Å². The quantitative estimate of drug-likeness (QED) is 0.840. The third-order valence-corrected chi connectivity index (χ3v) is 4.61. The summed E-state index contributed by atoms with van der Waals surface area (Å²) >= 11 is 0. The van der Waals surface area contributed by atoms with Gasteiger partial charge in [0.1, 0.15) is 0 Å². The molecule has 1 unspecified atom stereocenters. The Labute approximate surface area is 121 Å². The number of benzene rings is 1. The molecule has 3 rings (SSSR count). The van der Waals surface area contributed by atoms with E-state index >= 15 is 0 Å². The zero-order chi connectivity index (χ0) is 13.8. The fraction of sp³-hybridized carbons (Fsp3) is 0.588. The molecule has 0 saturated carbocycles. The minimum atomic E-state index is 0.336. The molecule has 0 bridgehead atoms. The van der Waals surface area contributed by atoms with Crippen LogP contribution in [-0.4, -0.2) is 47.9 Å². The highest BCUT2D eigenvalue weighted by Crippen LogP contribution is 2.21. The van der Waals surface area contributed by atoms with Gasteiger partial charge in [-0.2, -0.15) is 0 Å². The Morgan fingerprint density at radius 2 is 1.80 bits per heavy atom. The lowest BCUT2D eigenvalue weighted by atomic mass is 10.0. The fourth-order valence-electron chi connectivity index (χ4n) is 3.46. The van der Waals surface area contributed by atoms with Crippen molar-refractivity contribution in [3.05, 3.63) is 35.9 Å². The SMILES string of the molecule is O=C(CN1CCCC1Cc1ccccc1)N1CCCC1. The number of hydrogen-bond acceptors (Lipinski definition) is 2. The predicted molar refractivity (Wildman–Crippen MR) is 80.6 cm³/mol. The average Bonchev–Trinajstić information content (AvgIpc) is 3.12. The monoisotopic (exact) mass is 272 g/mol. The second kappa shape index (κ2) is 6.40. The molecule has 20 heavy (non-hydrogen) atoms. The highest BCUT2D eigenvalue weighted by atomic mass is 16.2. The first kappa shape index (κ1) is 13.6. The van der Waals surface area contributed by atoms with Crippen LogP contribution >= 0.6 is 0 Å². The van der Waals surface area contributed by atoms with E-state index in [1.807, 2.05) is 4.90 Å². The summed E-state index contributed by atoms with van der Waals surface area (Å²) in [4.78, 5) is 16.7. The maximum absolute atomic E-state index is 12.3. The molecule has 0 spiro atoms. The summed E-state index contributed by atoms with van der Waals surface area (Å²) in [6, 6.07) is 11.2. The van der Waals surface area contributed by atoms with Crippen molar-refractivity contribution in [1.82, 2.24) is 9.80 Å². The van der Waals surface area contributed by atoms with Gasteiger partial charge in [0, 0.05) is 19.1 Å². The molecule has 3 heteroatoms. The Morgan fingerprint density at radius 1 is 1.05 bits per heavy atom. The molecule has 3 nitrogen and oxygen atoms in total. The summed E-state index contributed by atoms with van der Waals surface area (Å²) < 4.78 is 0. The van der Waals surface area contributed by atoms with Crippen LogP contribution in [0.1, 0.15) is 31.2 Å². The second-order valence-electron chi connectivity index (χ2n) is 6.04. The minimum Gasteiger partial charge on any atom is -0.342 e. The molecule has 1 aromatic carbocycles. The van der Waals surface area contributed by atoms with Crippen molar-refractivity contribution in [2.45, 2.75) is 38.1 Å². The molecule has 0 N–H and O–H groups in total. The highest BCUT2D eigenvalue weighted by molar-refractivity contribution is 5.78. The normalized spacial score (nSPS) is 23.4. The van der Waals surface area contributed by atoms with Crippen LogP contribution in [0.4, 0.5) is 0 Å². The first-order valence-corrected chi connectivity index (χ1v) is 7.89. The lowest BCUT2D eigenvalue weighted by Gasteiger charge is -2.26. The van der Waals surface area contributed by atoms with Crippen molar-refractivity contribution in [2.24, 2.45) is 0 Å². The van der Waals surface area contributed by atoms with E-state index in [4.69, 9.17) is 0 Å². The van der Waals surface area contributed by atoms with E-state index < -0.39 is 0 Å². The van der Waals surface area contributed by atoms with Crippen molar-refractivity contribution >= 4 is 5.91 Å². The smallest absolute Gasteiger partial charge is 0.236 e. The van der Waals surface area contributed by atoms with Crippen LogP contribution in [0, 0.1) is 0 Å². The fourth-order valence-corrected chi connectivity index (χ4v) is 3.46. The van der Waals surface area contributed by atoms with E-state index in [1.165, 1.54) is 31.2 Å². The van der Waals surface area contributed by atoms with Gasteiger partial charge in [-0.3, -0.25) is 9.69 Å². The molecule has 0 aromatic heterocycles. The molecule has 2 fully saturated rings. The van der Waals surface area contributed by atoms with Crippen LogP contribution in [0.25, 0.3) is 0 Å². The van der Waals surface area contributed by atoms with E-state index in [0.717, 1.165) is 26.1 Å². The predicted octanol–water partition coefficient (Wildman–Crippen LogP) is 2.32. The van der Waals surface area contributed by atoms with E-state index in [1.54, 1.807) is 0 Å². The molecule has 2 heterocycles. The number of likely N-dealkylation sites (tertiary alicyclic amines) is 2. The molecule has 0 aliphatic carbocycles. The van der Waals surface area contributed by atoms with Crippen molar-refractivity contribution in [3.63, 3.8) is 0 Å². The third kappa shape index (κ3) is 3.21. The van der Waals surface area contributed by atoms with Crippen molar-refractivity contribution < 1.29 is 4.79 Å². The number of rotatable bonds is 4. The summed E-state index contributed by atoms with van der Waals surface area (Å²) in [5, 5.41) is 0. The van der Waals surface area contributed by atoms with Crippen LogP contribution in [-0.2, 0) is 11.2 Å². The Morgan fingerprint density at radius 3 is 2.55 bits per heavy atom. The summed E-state index contributed by atoms with van der Waals surface area (Å²) in [7, 11) is 0. The maximum atomic E-state index is 12.3. The number of amides is 1. The average molecular weight is 272 g/mol. The topological polar surface area (TPSA) is 23.6 Å². The summed E-state index contributed by atoms with van der Waals surface area (Å²) in [5.74, 6) is 0.336. The van der Waals surface area contributed by atoms with Gasteiger partial charge in [-0.1, -0.05) is 30.3 Å². The first-order valence-electron chi connectivity index (χ1n) is 7.89. The van der Waals surface area contributed by atoms with Crippen LogP contribution in [0.5, 0.6) is 0 Å². The number of nitrogens with zero attached hydrogens (tertiary/aromatic N) is 2. The van der Waals surface area contributed by atoms with Crippen LogP contribution in [0.15, 0.2) is 30.3 Å². The molecule has 2 saturated heterocycles. The molecular weight excluding hydrogens is 248 g/mol. The van der Waals surface area contributed by atoms with E-state index in [0.29, 0.717) is 18.5 Å². The zero-order valence-electron chi connectivity index (χ0n) is 12.1. The van der Waals surface area contributed by atoms with Gasteiger partial charge in [0.15, 0.2) is 0 Å². The Balaban J connectivity index is 1.56. The lowest BCUT2D eigenvalue weighted by molar-refractivity contribution is -0.131. The third-order valence-electron chi connectivity index (χ3n) is 4.61. The Bertz CT molecular complexity index is 440. The van der Waals surface area contributed by atoms with Gasteiger partial charge < -0.3 is 4.90 Å². The number of hydrogen-bond donors (Lipinski definition) is 0. The van der Waals surface area contributed by atoms with Gasteiger partial charge in [-0.05, 0) is 44.2 Å². The van der Waals surface area contributed by atoms with Crippen LogP contribution < -0.4 is 0 Å². The minimum absolute atomic E-state index is 0.336.